The van der Waals surface area contributed by atoms with Gasteiger partial charge in [-0.25, -0.2) is 0 Å². The van der Waals surface area contributed by atoms with Gasteiger partial charge in [-0.05, 0) is 58.3 Å². The Hall–Kier alpha value is -0.800. The summed E-state index contributed by atoms with van der Waals surface area (Å²) in [5, 5.41) is 3.20. The van der Waals surface area contributed by atoms with Crippen molar-refractivity contribution in [3.8, 4) is 0 Å². The molecule has 3 nitrogen and oxygen atoms in total. The molecule has 1 atom stereocenters. The van der Waals surface area contributed by atoms with E-state index in [1.54, 1.807) is 0 Å². The Bertz CT molecular complexity index is 400. The summed E-state index contributed by atoms with van der Waals surface area (Å²) in [6, 6.07) is 2.22. The number of aryl methyl sites for hydroxylation is 1. The van der Waals surface area contributed by atoms with Crippen LogP contribution in [-0.2, 0) is 13.1 Å². The third-order valence-electron chi connectivity index (χ3n) is 4.46. The van der Waals surface area contributed by atoms with Crippen LogP contribution in [0.25, 0.3) is 0 Å². The van der Waals surface area contributed by atoms with Gasteiger partial charge in [0.25, 0.3) is 0 Å². The summed E-state index contributed by atoms with van der Waals surface area (Å²) < 4.78 is 5.90. The summed E-state index contributed by atoms with van der Waals surface area (Å²) in [6.45, 7) is 8.69. The number of nitrogens with one attached hydrogen (secondary N) is 1. The second-order valence-electron chi connectivity index (χ2n) is 6.19. The van der Waals surface area contributed by atoms with Crippen molar-refractivity contribution in [2.45, 2.75) is 59.0 Å². The zero-order chi connectivity index (χ0) is 14.4. The maximum atomic E-state index is 5.90. The first-order valence-electron chi connectivity index (χ1n) is 8.18. The van der Waals surface area contributed by atoms with Gasteiger partial charge >= 0.3 is 0 Å². The van der Waals surface area contributed by atoms with Crippen LogP contribution in [-0.4, -0.2) is 25.0 Å². The predicted molar refractivity (Wildman–Crippen MR) is 83.7 cm³/mol. The van der Waals surface area contributed by atoms with Gasteiger partial charge in [0.2, 0.25) is 0 Å². The number of likely N-dealkylation sites (tertiary alicyclic amines) is 1. The van der Waals surface area contributed by atoms with E-state index in [-0.39, 0.29) is 0 Å². The molecule has 20 heavy (non-hydrogen) atoms. The van der Waals surface area contributed by atoms with Crippen LogP contribution in [0.2, 0.25) is 0 Å². The van der Waals surface area contributed by atoms with Crippen LogP contribution in [0, 0.1) is 12.8 Å². The monoisotopic (exact) mass is 278 g/mol. The molecule has 1 aliphatic rings. The zero-order valence-electron chi connectivity index (χ0n) is 13.4. The fraction of sp³-hybridized carbons (Fsp3) is 0.765. The minimum Gasteiger partial charge on any atom is -0.465 e. The summed E-state index contributed by atoms with van der Waals surface area (Å²) in [5.74, 6) is 3.14. The third-order valence-corrected chi connectivity index (χ3v) is 4.46. The Morgan fingerprint density at radius 3 is 2.95 bits per heavy atom. The summed E-state index contributed by atoms with van der Waals surface area (Å²) in [6.07, 6.45) is 6.84. The Morgan fingerprint density at radius 1 is 1.35 bits per heavy atom. The van der Waals surface area contributed by atoms with Gasteiger partial charge in [-0.3, -0.25) is 4.90 Å². The number of rotatable bonds is 6. The first-order valence-corrected chi connectivity index (χ1v) is 8.18. The second kappa shape index (κ2) is 7.84. The normalized spacial score (nSPS) is 21.1. The van der Waals surface area contributed by atoms with E-state index in [0.29, 0.717) is 0 Å². The third kappa shape index (κ3) is 4.35. The number of nitrogens with zero attached hydrogens (tertiary/aromatic N) is 1. The van der Waals surface area contributed by atoms with E-state index >= 15 is 0 Å². The fourth-order valence-corrected chi connectivity index (χ4v) is 3.33. The molecule has 0 aromatic carbocycles. The molecule has 0 aliphatic carbocycles. The highest BCUT2D eigenvalue weighted by atomic mass is 16.3. The van der Waals surface area contributed by atoms with E-state index in [2.05, 4.69) is 30.1 Å². The number of furan rings is 1. The molecule has 1 N–H and O–H groups in total. The van der Waals surface area contributed by atoms with Crippen LogP contribution in [0.5, 0.6) is 0 Å². The lowest BCUT2D eigenvalue weighted by molar-refractivity contribution is 0.247. The summed E-state index contributed by atoms with van der Waals surface area (Å²) in [5.41, 5.74) is 1.29. The molecule has 2 rings (SSSR count). The zero-order valence-corrected chi connectivity index (χ0v) is 13.4. The first-order chi connectivity index (χ1) is 9.72. The average molecular weight is 278 g/mol. The van der Waals surface area contributed by atoms with E-state index in [1.165, 1.54) is 50.8 Å². The van der Waals surface area contributed by atoms with Gasteiger partial charge in [0, 0.05) is 12.1 Å². The Labute approximate surface area is 123 Å². The average Bonchev–Trinajstić information content (AvgIpc) is 2.62. The van der Waals surface area contributed by atoms with E-state index in [9.17, 15) is 0 Å². The SMILES string of the molecule is CCCC1CCCN(Cc2cc(CNC)c(C)o2)CC1. The minimum atomic E-state index is 0.897. The van der Waals surface area contributed by atoms with E-state index in [0.717, 1.165) is 30.5 Å². The van der Waals surface area contributed by atoms with E-state index < -0.39 is 0 Å². The molecule has 0 bridgehead atoms. The molecule has 0 radical (unpaired) electrons. The quantitative estimate of drug-likeness (QED) is 0.860. The molecular weight excluding hydrogens is 248 g/mol. The first kappa shape index (κ1) is 15.6. The Balaban J connectivity index is 1.88. The highest BCUT2D eigenvalue weighted by Gasteiger charge is 2.18. The lowest BCUT2D eigenvalue weighted by Crippen LogP contribution is -2.24. The molecular formula is C17H30N2O. The summed E-state index contributed by atoms with van der Waals surface area (Å²) in [4.78, 5) is 2.57. The predicted octanol–water partition coefficient (Wildman–Crippen LogP) is 3.71. The van der Waals surface area contributed by atoms with Gasteiger partial charge in [-0.1, -0.05) is 19.8 Å². The fourth-order valence-electron chi connectivity index (χ4n) is 3.33. The molecule has 114 valence electrons. The molecule has 3 heteroatoms. The standard InChI is InChI=1S/C17H30N2O/c1-4-6-15-7-5-9-19(10-8-15)13-17-11-16(12-18-3)14(2)20-17/h11,15,18H,4-10,12-13H2,1-3H3. The number of hydrogen-bond donors (Lipinski definition) is 1. The molecule has 0 spiro atoms. The molecule has 1 unspecified atom stereocenters. The molecule has 2 heterocycles. The molecule has 1 saturated heterocycles. The van der Waals surface area contributed by atoms with Crippen molar-refractivity contribution in [3.63, 3.8) is 0 Å². The van der Waals surface area contributed by atoms with Gasteiger partial charge in [0.05, 0.1) is 6.54 Å². The maximum absolute atomic E-state index is 5.90. The minimum absolute atomic E-state index is 0.897. The number of hydrogen-bond acceptors (Lipinski definition) is 3. The van der Waals surface area contributed by atoms with Crippen LogP contribution >= 0.6 is 0 Å². The highest BCUT2D eigenvalue weighted by molar-refractivity contribution is 5.20. The molecule has 1 aromatic rings. The van der Waals surface area contributed by atoms with Gasteiger partial charge < -0.3 is 9.73 Å². The Kier molecular flexibility index (Phi) is 6.11. The van der Waals surface area contributed by atoms with Crippen LogP contribution in [0.1, 0.15) is 56.1 Å². The van der Waals surface area contributed by atoms with Crippen LogP contribution < -0.4 is 5.32 Å². The van der Waals surface area contributed by atoms with Crippen molar-refractivity contribution in [2.24, 2.45) is 5.92 Å². The summed E-state index contributed by atoms with van der Waals surface area (Å²) in [7, 11) is 1.98. The largest absolute Gasteiger partial charge is 0.465 e. The molecule has 1 fully saturated rings. The van der Waals surface area contributed by atoms with Crippen LogP contribution in [0.15, 0.2) is 10.5 Å². The van der Waals surface area contributed by atoms with Crippen molar-refractivity contribution in [2.75, 3.05) is 20.1 Å². The maximum Gasteiger partial charge on any atom is 0.118 e. The lowest BCUT2D eigenvalue weighted by Gasteiger charge is -2.18. The Morgan fingerprint density at radius 2 is 2.20 bits per heavy atom. The van der Waals surface area contributed by atoms with Crippen LogP contribution in [0.3, 0.4) is 0 Å². The van der Waals surface area contributed by atoms with Gasteiger partial charge in [0.1, 0.15) is 11.5 Å². The molecule has 0 saturated carbocycles. The van der Waals surface area contributed by atoms with E-state index in [1.807, 2.05) is 7.05 Å². The van der Waals surface area contributed by atoms with Crippen molar-refractivity contribution in [1.82, 2.24) is 10.2 Å². The second-order valence-corrected chi connectivity index (χ2v) is 6.19. The van der Waals surface area contributed by atoms with Crippen molar-refractivity contribution < 1.29 is 4.42 Å². The highest BCUT2D eigenvalue weighted by Crippen LogP contribution is 2.23. The molecule has 0 amide bonds. The van der Waals surface area contributed by atoms with Crippen LogP contribution in [0.4, 0.5) is 0 Å². The van der Waals surface area contributed by atoms with Crippen molar-refractivity contribution >= 4 is 0 Å². The van der Waals surface area contributed by atoms with Gasteiger partial charge in [-0.15, -0.1) is 0 Å². The molecule has 1 aliphatic heterocycles. The lowest BCUT2D eigenvalue weighted by atomic mass is 9.96. The van der Waals surface area contributed by atoms with E-state index in [4.69, 9.17) is 4.42 Å². The van der Waals surface area contributed by atoms with Gasteiger partial charge in [0.15, 0.2) is 0 Å². The molecule has 1 aromatic heterocycles. The van der Waals surface area contributed by atoms with Crippen molar-refractivity contribution in [1.29, 1.82) is 0 Å². The van der Waals surface area contributed by atoms with Gasteiger partial charge in [-0.2, -0.15) is 0 Å². The smallest absolute Gasteiger partial charge is 0.118 e. The summed E-state index contributed by atoms with van der Waals surface area (Å²) >= 11 is 0. The topological polar surface area (TPSA) is 28.4 Å². The van der Waals surface area contributed by atoms with Crippen molar-refractivity contribution in [3.05, 3.63) is 23.2 Å².